The van der Waals surface area contributed by atoms with Crippen molar-refractivity contribution in [2.75, 3.05) is 0 Å². The number of hydrogen-bond donors (Lipinski definition) is 0. The summed E-state index contributed by atoms with van der Waals surface area (Å²) < 4.78 is 124. The van der Waals surface area contributed by atoms with E-state index in [0.29, 0.717) is 0 Å². The molecule has 0 spiro atoms. The molecule has 0 amide bonds. The lowest BCUT2D eigenvalue weighted by molar-refractivity contribution is -0.125. The summed E-state index contributed by atoms with van der Waals surface area (Å²) in [4.78, 5) is 11.7. The van der Waals surface area contributed by atoms with E-state index in [-0.39, 0.29) is 6.08 Å². The molecule has 134 valence electrons. The Morgan fingerprint density at radius 3 is 1.88 bits per heavy atom. The second kappa shape index (κ2) is 5.37. The topological polar surface area (TPSA) is 17.1 Å². The quantitative estimate of drug-likeness (QED) is 0.401. The molecule has 0 aromatic heterocycles. The van der Waals surface area contributed by atoms with Crippen molar-refractivity contribution in [3.63, 3.8) is 0 Å². The Morgan fingerprint density at radius 1 is 0.880 bits per heavy atom. The van der Waals surface area contributed by atoms with Gasteiger partial charge in [-0.3, -0.25) is 4.79 Å². The average Bonchev–Trinajstić information content (AvgIpc) is 2.78. The van der Waals surface area contributed by atoms with Crippen LogP contribution in [0, 0.1) is 35.0 Å². The standard InChI is InChI=1S/C15H5F9O/c16-4-1-3-2-5(17)14(25)15(3,24)7(8(4)18)6-9(19)11(21)13(23)12(22)10(6)20/h2-4H,1H2/t3-,4+,15-/m0/s1. The lowest BCUT2D eigenvalue weighted by Crippen LogP contribution is -2.44. The molecule has 2 aliphatic carbocycles. The third-order valence-electron chi connectivity index (χ3n) is 4.20. The third kappa shape index (κ3) is 2.09. The Morgan fingerprint density at radius 2 is 1.36 bits per heavy atom. The van der Waals surface area contributed by atoms with Gasteiger partial charge in [-0.2, -0.15) is 0 Å². The molecule has 0 saturated heterocycles. The number of carbonyl (C=O) groups excluding carboxylic acids is 1. The van der Waals surface area contributed by atoms with Gasteiger partial charge in [0.05, 0.1) is 5.56 Å². The first kappa shape index (κ1) is 17.6. The van der Waals surface area contributed by atoms with Crippen LogP contribution in [0.4, 0.5) is 39.5 Å². The van der Waals surface area contributed by atoms with Crippen LogP contribution in [-0.4, -0.2) is 17.6 Å². The van der Waals surface area contributed by atoms with E-state index < -0.39 is 81.8 Å². The maximum atomic E-state index is 15.1. The number of halogens is 9. The normalized spacial score (nSPS) is 29.2. The molecule has 0 heterocycles. The maximum absolute atomic E-state index is 15.1. The molecule has 1 aromatic carbocycles. The monoisotopic (exact) mass is 372 g/mol. The van der Waals surface area contributed by atoms with Gasteiger partial charge in [-0.25, -0.2) is 39.5 Å². The van der Waals surface area contributed by atoms with E-state index in [1.807, 2.05) is 0 Å². The van der Waals surface area contributed by atoms with Gasteiger partial charge in [0.25, 0.3) is 0 Å². The van der Waals surface area contributed by atoms with Gasteiger partial charge in [0, 0.05) is 11.5 Å². The third-order valence-corrected chi connectivity index (χ3v) is 4.20. The fraction of sp³-hybridized carbons (Fsp3) is 0.267. The van der Waals surface area contributed by atoms with Gasteiger partial charge >= 0.3 is 0 Å². The van der Waals surface area contributed by atoms with Gasteiger partial charge in [0.1, 0.15) is 5.83 Å². The zero-order valence-electron chi connectivity index (χ0n) is 11.7. The molecule has 3 rings (SSSR count). The Kier molecular flexibility index (Phi) is 3.77. The highest BCUT2D eigenvalue weighted by Crippen LogP contribution is 2.54. The van der Waals surface area contributed by atoms with E-state index in [2.05, 4.69) is 0 Å². The smallest absolute Gasteiger partial charge is 0.233 e. The van der Waals surface area contributed by atoms with E-state index in [4.69, 9.17) is 0 Å². The minimum absolute atomic E-state index is 0.285. The van der Waals surface area contributed by atoms with Crippen LogP contribution in [-0.2, 0) is 4.79 Å². The minimum Gasteiger partial charge on any atom is -0.287 e. The van der Waals surface area contributed by atoms with Gasteiger partial charge in [0.15, 0.2) is 35.3 Å². The highest BCUT2D eigenvalue weighted by molar-refractivity contribution is 6.12. The van der Waals surface area contributed by atoms with Crippen LogP contribution in [0.3, 0.4) is 0 Å². The van der Waals surface area contributed by atoms with Gasteiger partial charge < -0.3 is 0 Å². The van der Waals surface area contributed by atoms with Crippen LogP contribution < -0.4 is 0 Å². The fourth-order valence-electron chi connectivity index (χ4n) is 3.02. The highest BCUT2D eigenvalue weighted by atomic mass is 19.2. The number of carbonyl (C=O) groups is 1. The van der Waals surface area contributed by atoms with Crippen LogP contribution in [0.2, 0.25) is 0 Å². The van der Waals surface area contributed by atoms with E-state index in [9.17, 15) is 39.9 Å². The number of alkyl halides is 2. The first-order valence-corrected chi connectivity index (χ1v) is 6.70. The number of hydrogen-bond acceptors (Lipinski definition) is 1. The first-order chi connectivity index (χ1) is 11.5. The highest BCUT2D eigenvalue weighted by Gasteiger charge is 2.61. The summed E-state index contributed by atoms with van der Waals surface area (Å²) in [6, 6.07) is 0. The second-order valence-corrected chi connectivity index (χ2v) is 5.53. The second-order valence-electron chi connectivity index (χ2n) is 5.53. The zero-order valence-corrected chi connectivity index (χ0v) is 11.7. The number of allylic oxidation sites excluding steroid dienone is 4. The van der Waals surface area contributed by atoms with Crippen molar-refractivity contribution in [3.8, 4) is 0 Å². The van der Waals surface area contributed by atoms with Crippen LogP contribution in [0.25, 0.3) is 5.57 Å². The molecule has 2 aliphatic rings. The molecule has 3 atom stereocenters. The number of benzene rings is 1. The molecule has 0 radical (unpaired) electrons. The van der Waals surface area contributed by atoms with Crippen molar-refractivity contribution in [1.29, 1.82) is 0 Å². The van der Waals surface area contributed by atoms with Gasteiger partial charge in [-0.15, -0.1) is 0 Å². The van der Waals surface area contributed by atoms with E-state index >= 15 is 4.39 Å². The largest absolute Gasteiger partial charge is 0.287 e. The SMILES string of the molecule is O=C1C(F)=C[C@@H]2C[C@@H](F)C(F)=C(c3c(F)c(F)c(F)c(F)c3F)[C@]12F. The van der Waals surface area contributed by atoms with Crippen molar-refractivity contribution in [2.45, 2.75) is 18.3 Å². The summed E-state index contributed by atoms with van der Waals surface area (Å²) in [7, 11) is 0. The maximum Gasteiger partial charge on any atom is 0.233 e. The number of fused-ring (bicyclic) bond motifs is 1. The summed E-state index contributed by atoms with van der Waals surface area (Å²) in [5.41, 5.74) is -7.99. The fourth-order valence-corrected chi connectivity index (χ4v) is 3.02. The Balaban J connectivity index is 2.40. The van der Waals surface area contributed by atoms with Crippen LogP contribution in [0.15, 0.2) is 17.7 Å². The molecule has 0 bridgehead atoms. The number of rotatable bonds is 1. The molecule has 1 nitrogen and oxygen atoms in total. The van der Waals surface area contributed by atoms with Crippen LogP contribution in [0.1, 0.15) is 12.0 Å². The van der Waals surface area contributed by atoms with Crippen LogP contribution in [0.5, 0.6) is 0 Å². The molecule has 0 unspecified atom stereocenters. The molecule has 10 heteroatoms. The van der Waals surface area contributed by atoms with E-state index in [0.717, 1.165) is 0 Å². The molecule has 0 aliphatic heterocycles. The Labute approximate surface area is 133 Å². The first-order valence-electron chi connectivity index (χ1n) is 6.70. The molecule has 1 aromatic rings. The minimum atomic E-state index is -3.82. The van der Waals surface area contributed by atoms with E-state index in [1.54, 1.807) is 0 Å². The Bertz CT molecular complexity index is 843. The van der Waals surface area contributed by atoms with Crippen molar-refractivity contribution in [3.05, 3.63) is 52.4 Å². The van der Waals surface area contributed by atoms with Crippen molar-refractivity contribution in [1.82, 2.24) is 0 Å². The molecule has 25 heavy (non-hydrogen) atoms. The lowest BCUT2D eigenvalue weighted by Gasteiger charge is -2.34. The van der Waals surface area contributed by atoms with Gasteiger partial charge in [-0.05, 0) is 12.5 Å². The number of ketones is 1. The molecule has 0 fully saturated rings. The Hall–Kier alpha value is -2.26. The van der Waals surface area contributed by atoms with E-state index in [1.165, 1.54) is 0 Å². The molecular formula is C15H5F9O. The summed E-state index contributed by atoms with van der Waals surface area (Å²) in [5, 5.41) is 0. The lowest BCUT2D eigenvalue weighted by atomic mass is 9.73. The zero-order chi connectivity index (χ0) is 18.8. The molecular weight excluding hydrogens is 367 g/mol. The number of Topliss-reactive ketones (excluding diaryl/α,β-unsaturated/α-hetero) is 1. The van der Waals surface area contributed by atoms with Gasteiger partial charge in [0.2, 0.25) is 17.3 Å². The molecule has 0 N–H and O–H groups in total. The summed E-state index contributed by atoms with van der Waals surface area (Å²) >= 11 is 0. The average molecular weight is 372 g/mol. The predicted molar refractivity (Wildman–Crippen MR) is 65.3 cm³/mol. The van der Waals surface area contributed by atoms with Gasteiger partial charge in [-0.1, -0.05) is 0 Å². The predicted octanol–water partition coefficient (Wildman–Crippen LogP) is 4.57. The summed E-state index contributed by atoms with van der Waals surface area (Å²) in [5.74, 6) is -21.1. The van der Waals surface area contributed by atoms with Crippen molar-refractivity contribution < 1.29 is 44.3 Å². The van der Waals surface area contributed by atoms with Crippen molar-refractivity contribution in [2.24, 2.45) is 5.92 Å². The molecule has 0 saturated carbocycles. The van der Waals surface area contributed by atoms with Crippen LogP contribution >= 0.6 is 0 Å². The summed E-state index contributed by atoms with van der Waals surface area (Å²) in [6.07, 6.45) is -3.53. The van der Waals surface area contributed by atoms with Crippen molar-refractivity contribution >= 4 is 11.4 Å². The summed E-state index contributed by atoms with van der Waals surface area (Å²) in [6.45, 7) is 0.